The van der Waals surface area contributed by atoms with Crippen LogP contribution in [0.2, 0.25) is 0 Å². The average molecular weight is 296 g/mol. The summed E-state index contributed by atoms with van der Waals surface area (Å²) in [7, 11) is 0. The molecule has 0 saturated heterocycles. The van der Waals surface area contributed by atoms with Gasteiger partial charge in [0.15, 0.2) is 11.5 Å². The topological polar surface area (TPSA) is 101 Å². The number of nitro benzene ring substituents is 1. The van der Waals surface area contributed by atoms with Crippen molar-refractivity contribution in [2.75, 3.05) is 5.32 Å². The first-order valence-electron chi connectivity index (χ1n) is 5.77. The molecule has 1 amide bonds. The summed E-state index contributed by atoms with van der Waals surface area (Å²) in [5.41, 5.74) is -0.621. The van der Waals surface area contributed by atoms with Crippen molar-refractivity contribution in [1.29, 1.82) is 0 Å². The van der Waals surface area contributed by atoms with Crippen molar-refractivity contribution in [3.8, 4) is 0 Å². The molecule has 0 spiro atoms. The van der Waals surface area contributed by atoms with Gasteiger partial charge in [-0.3, -0.25) is 20.0 Å². The van der Waals surface area contributed by atoms with Crippen molar-refractivity contribution in [1.82, 2.24) is 10.2 Å². The summed E-state index contributed by atoms with van der Waals surface area (Å²) >= 11 is 0. The van der Waals surface area contributed by atoms with Gasteiger partial charge in [0.2, 0.25) is 0 Å². The van der Waals surface area contributed by atoms with E-state index < -0.39 is 33.8 Å². The summed E-state index contributed by atoms with van der Waals surface area (Å²) in [6.45, 7) is 3.12. The minimum absolute atomic E-state index is 0.146. The molecule has 0 aliphatic carbocycles. The average Bonchev–Trinajstić information content (AvgIpc) is 2.71. The van der Waals surface area contributed by atoms with E-state index in [1.54, 1.807) is 13.8 Å². The third-order valence-electron chi connectivity index (χ3n) is 2.82. The first-order chi connectivity index (χ1) is 9.81. The van der Waals surface area contributed by atoms with E-state index in [-0.39, 0.29) is 5.56 Å². The normalized spacial score (nSPS) is 10.5. The van der Waals surface area contributed by atoms with Crippen LogP contribution in [0.5, 0.6) is 0 Å². The highest BCUT2D eigenvalue weighted by atomic mass is 19.1. The van der Waals surface area contributed by atoms with E-state index in [1.165, 1.54) is 0 Å². The number of carbonyl (C=O) groups excluding carboxylic acids is 1. The quantitative estimate of drug-likeness (QED) is 0.671. The molecule has 0 fully saturated rings. The molecular formula is C12H10F2N4O3. The summed E-state index contributed by atoms with van der Waals surface area (Å²) in [6, 6.07) is 0.992. The number of aromatic amines is 1. The Morgan fingerprint density at radius 1 is 1.38 bits per heavy atom. The van der Waals surface area contributed by atoms with E-state index in [4.69, 9.17) is 0 Å². The SMILES string of the molecule is Cc1n[nH]c(C)c1C(=O)Nc1c(F)cc(F)cc1[N+](=O)[O-]. The number of nitrogens with one attached hydrogen (secondary N) is 2. The molecule has 21 heavy (non-hydrogen) atoms. The molecule has 1 heterocycles. The predicted molar refractivity (Wildman–Crippen MR) is 69.0 cm³/mol. The van der Waals surface area contributed by atoms with Crippen LogP contribution in [0.4, 0.5) is 20.2 Å². The number of rotatable bonds is 3. The Balaban J connectivity index is 2.45. The smallest absolute Gasteiger partial charge is 0.298 e. The number of aromatic nitrogens is 2. The largest absolute Gasteiger partial charge is 0.314 e. The van der Waals surface area contributed by atoms with Crippen molar-refractivity contribution >= 4 is 17.3 Å². The lowest BCUT2D eigenvalue weighted by atomic mass is 10.1. The number of aryl methyl sites for hydroxylation is 2. The van der Waals surface area contributed by atoms with Crippen LogP contribution in [-0.4, -0.2) is 21.0 Å². The maximum atomic E-state index is 13.7. The number of hydrogen-bond acceptors (Lipinski definition) is 4. The minimum atomic E-state index is -1.23. The molecular weight excluding hydrogens is 286 g/mol. The molecule has 1 aromatic carbocycles. The van der Waals surface area contributed by atoms with Crippen molar-refractivity contribution < 1.29 is 18.5 Å². The van der Waals surface area contributed by atoms with Crippen LogP contribution in [0.3, 0.4) is 0 Å². The fraction of sp³-hybridized carbons (Fsp3) is 0.167. The molecule has 2 rings (SSSR count). The summed E-state index contributed by atoms with van der Waals surface area (Å²) in [6.07, 6.45) is 0. The Kier molecular flexibility index (Phi) is 3.66. The first-order valence-corrected chi connectivity index (χ1v) is 5.77. The molecule has 0 bridgehead atoms. The molecule has 0 atom stereocenters. The molecule has 2 aromatic rings. The second kappa shape index (κ2) is 5.27. The van der Waals surface area contributed by atoms with Gasteiger partial charge in [-0.2, -0.15) is 5.10 Å². The number of halogens is 2. The van der Waals surface area contributed by atoms with Crippen LogP contribution in [0.15, 0.2) is 12.1 Å². The lowest BCUT2D eigenvalue weighted by Gasteiger charge is -2.07. The summed E-state index contributed by atoms with van der Waals surface area (Å²) in [5.74, 6) is -3.10. The first kappa shape index (κ1) is 14.6. The number of carbonyl (C=O) groups is 1. The van der Waals surface area contributed by atoms with Crippen LogP contribution in [0.25, 0.3) is 0 Å². The van der Waals surface area contributed by atoms with Gasteiger partial charge in [0.25, 0.3) is 11.6 Å². The van der Waals surface area contributed by atoms with Gasteiger partial charge in [0, 0.05) is 11.8 Å². The van der Waals surface area contributed by atoms with Gasteiger partial charge in [-0.25, -0.2) is 8.78 Å². The Labute approximate surface area is 117 Å². The second-order valence-electron chi connectivity index (χ2n) is 4.30. The Morgan fingerprint density at radius 3 is 2.57 bits per heavy atom. The van der Waals surface area contributed by atoms with Crippen LogP contribution < -0.4 is 5.32 Å². The van der Waals surface area contributed by atoms with Gasteiger partial charge in [-0.1, -0.05) is 0 Å². The van der Waals surface area contributed by atoms with E-state index in [9.17, 15) is 23.7 Å². The molecule has 2 N–H and O–H groups in total. The molecule has 7 nitrogen and oxygen atoms in total. The Bertz CT molecular complexity index is 723. The van der Waals surface area contributed by atoms with Crippen molar-refractivity contribution in [3.63, 3.8) is 0 Å². The van der Waals surface area contributed by atoms with Crippen molar-refractivity contribution in [2.45, 2.75) is 13.8 Å². The van der Waals surface area contributed by atoms with Gasteiger partial charge < -0.3 is 5.32 Å². The number of nitrogens with zero attached hydrogens (tertiary/aromatic N) is 2. The molecule has 0 saturated carbocycles. The lowest BCUT2D eigenvalue weighted by Crippen LogP contribution is -2.16. The fourth-order valence-corrected chi connectivity index (χ4v) is 1.89. The maximum absolute atomic E-state index is 13.7. The maximum Gasteiger partial charge on any atom is 0.298 e. The number of amides is 1. The molecule has 0 radical (unpaired) electrons. The number of anilines is 1. The molecule has 0 aliphatic rings. The van der Waals surface area contributed by atoms with E-state index in [0.717, 1.165) is 0 Å². The van der Waals surface area contributed by atoms with Crippen LogP contribution in [-0.2, 0) is 0 Å². The van der Waals surface area contributed by atoms with Gasteiger partial charge in [-0.15, -0.1) is 0 Å². The zero-order valence-corrected chi connectivity index (χ0v) is 11.0. The highest BCUT2D eigenvalue weighted by Crippen LogP contribution is 2.29. The minimum Gasteiger partial charge on any atom is -0.314 e. The summed E-state index contributed by atoms with van der Waals surface area (Å²) in [5, 5.41) is 19.3. The second-order valence-corrected chi connectivity index (χ2v) is 4.30. The zero-order chi connectivity index (χ0) is 15.7. The van der Waals surface area contributed by atoms with E-state index in [2.05, 4.69) is 15.5 Å². The fourth-order valence-electron chi connectivity index (χ4n) is 1.89. The molecule has 0 aliphatic heterocycles. The standard InChI is InChI=1S/C12H10F2N4O3/c1-5-10(6(2)17-16-5)12(19)15-11-8(14)3-7(13)4-9(11)18(20)21/h3-4H,1-2H3,(H,15,19)(H,16,17). The van der Waals surface area contributed by atoms with Gasteiger partial charge >= 0.3 is 0 Å². The van der Waals surface area contributed by atoms with Crippen LogP contribution in [0, 0.1) is 35.6 Å². The van der Waals surface area contributed by atoms with Gasteiger partial charge in [-0.05, 0) is 13.8 Å². The third-order valence-corrected chi connectivity index (χ3v) is 2.82. The van der Waals surface area contributed by atoms with Crippen LogP contribution >= 0.6 is 0 Å². The van der Waals surface area contributed by atoms with Gasteiger partial charge in [0.1, 0.15) is 5.82 Å². The zero-order valence-electron chi connectivity index (χ0n) is 11.0. The third kappa shape index (κ3) is 2.71. The molecule has 0 unspecified atom stereocenters. The van der Waals surface area contributed by atoms with E-state index in [1.807, 2.05) is 0 Å². The van der Waals surface area contributed by atoms with Gasteiger partial charge in [0.05, 0.1) is 22.2 Å². The predicted octanol–water partition coefficient (Wildman–Crippen LogP) is 2.47. The molecule has 1 aromatic heterocycles. The van der Waals surface area contributed by atoms with Crippen molar-refractivity contribution in [2.24, 2.45) is 0 Å². The highest BCUT2D eigenvalue weighted by molar-refractivity contribution is 6.06. The number of H-pyrrole nitrogens is 1. The van der Waals surface area contributed by atoms with E-state index in [0.29, 0.717) is 23.5 Å². The monoisotopic (exact) mass is 296 g/mol. The summed E-state index contributed by atoms with van der Waals surface area (Å²) < 4.78 is 26.7. The van der Waals surface area contributed by atoms with Crippen molar-refractivity contribution in [3.05, 3.63) is 50.8 Å². The lowest BCUT2D eigenvalue weighted by molar-refractivity contribution is -0.384. The summed E-state index contributed by atoms with van der Waals surface area (Å²) in [4.78, 5) is 21.9. The number of benzene rings is 1. The highest BCUT2D eigenvalue weighted by Gasteiger charge is 2.24. The molecule has 9 heteroatoms. The Morgan fingerprint density at radius 2 is 2.05 bits per heavy atom. The van der Waals surface area contributed by atoms with Crippen LogP contribution in [0.1, 0.15) is 21.7 Å². The molecule has 110 valence electrons. The van der Waals surface area contributed by atoms with E-state index >= 15 is 0 Å². The number of hydrogen-bond donors (Lipinski definition) is 2. The number of nitro groups is 1. The Hall–Kier alpha value is -2.84.